The van der Waals surface area contributed by atoms with Crippen LogP contribution >= 0.6 is 0 Å². The van der Waals surface area contributed by atoms with Gasteiger partial charge < -0.3 is 9.88 Å². The lowest BCUT2D eigenvalue weighted by molar-refractivity contribution is -0.301. The average molecular weight is 378 g/mol. The maximum Gasteiger partial charge on any atom is 0.375 e. The summed E-state index contributed by atoms with van der Waals surface area (Å²) in [4.78, 5) is 35.2. The minimum Gasteiger partial charge on any atom is -0.324 e. The van der Waals surface area contributed by atoms with Gasteiger partial charge in [0.05, 0.1) is 11.3 Å². The fraction of sp³-hybridized carbons (Fsp3) is 0.182. The first-order chi connectivity index (χ1) is 13.3. The highest BCUT2D eigenvalue weighted by Gasteiger charge is 2.21. The van der Waals surface area contributed by atoms with Crippen molar-refractivity contribution in [2.75, 3.05) is 5.32 Å². The van der Waals surface area contributed by atoms with Crippen molar-refractivity contribution >= 4 is 17.6 Å². The number of carbonyl (C=O) groups excluding carboxylic acids is 2. The Kier molecular flexibility index (Phi) is 5.61. The first-order valence-electron chi connectivity index (χ1n) is 8.87. The summed E-state index contributed by atoms with van der Waals surface area (Å²) in [5.74, 6) is -1.01. The van der Waals surface area contributed by atoms with E-state index in [0.717, 1.165) is 5.69 Å². The van der Waals surface area contributed by atoms with Crippen LogP contribution in [0, 0.1) is 0 Å². The molecule has 0 unspecified atom stereocenters. The smallest absolute Gasteiger partial charge is 0.324 e. The first-order valence-corrected chi connectivity index (χ1v) is 8.87. The Bertz CT molecular complexity index is 958. The lowest BCUT2D eigenvalue weighted by Gasteiger charge is -2.18. The Labute approximate surface area is 163 Å². The highest BCUT2D eigenvalue weighted by Crippen LogP contribution is 2.23. The molecule has 0 aliphatic rings. The van der Waals surface area contributed by atoms with E-state index in [0.29, 0.717) is 11.3 Å². The third-order valence-corrected chi connectivity index (χ3v) is 3.78. The second kappa shape index (κ2) is 8.10. The third-order valence-electron chi connectivity index (χ3n) is 3.78. The topological polar surface area (TPSA) is 69.6 Å². The molecule has 6 heteroatoms. The van der Waals surface area contributed by atoms with Crippen LogP contribution in [0.4, 0.5) is 5.69 Å². The number of benzene rings is 2. The van der Waals surface area contributed by atoms with E-state index in [1.54, 1.807) is 63.2 Å². The van der Waals surface area contributed by atoms with Crippen LogP contribution < -0.4 is 5.32 Å². The zero-order valence-corrected chi connectivity index (χ0v) is 16.0. The van der Waals surface area contributed by atoms with Crippen LogP contribution in [0.15, 0.2) is 73.1 Å². The standard InChI is InChI=1S/C22H22N2O4/c1-22(2,3)28-27-21(26)18-12-11-17(24-13-7-8-14-24)15-19(18)23-20(25)16-9-5-4-6-10-16/h4-15H,1-3H3,(H,23,25). The van der Waals surface area contributed by atoms with Crippen molar-refractivity contribution in [2.45, 2.75) is 26.4 Å². The maximum absolute atomic E-state index is 12.6. The summed E-state index contributed by atoms with van der Waals surface area (Å²) in [6.45, 7) is 5.31. The fourth-order valence-electron chi connectivity index (χ4n) is 2.47. The predicted octanol–water partition coefficient (Wildman–Crippen LogP) is 4.62. The zero-order valence-electron chi connectivity index (χ0n) is 16.0. The van der Waals surface area contributed by atoms with Gasteiger partial charge in [0.15, 0.2) is 0 Å². The van der Waals surface area contributed by atoms with Crippen LogP contribution in [0.3, 0.4) is 0 Å². The minimum atomic E-state index is -0.683. The van der Waals surface area contributed by atoms with E-state index in [2.05, 4.69) is 5.32 Å². The number of hydrogen-bond donors (Lipinski definition) is 1. The summed E-state index contributed by atoms with van der Waals surface area (Å²) >= 11 is 0. The molecule has 28 heavy (non-hydrogen) atoms. The van der Waals surface area contributed by atoms with Crippen molar-refractivity contribution in [3.05, 3.63) is 84.2 Å². The van der Waals surface area contributed by atoms with Gasteiger partial charge in [0, 0.05) is 23.6 Å². The molecule has 0 aliphatic heterocycles. The van der Waals surface area contributed by atoms with E-state index >= 15 is 0 Å². The molecule has 1 N–H and O–H groups in total. The molecule has 0 spiro atoms. The molecule has 144 valence electrons. The van der Waals surface area contributed by atoms with Gasteiger partial charge in [0.1, 0.15) is 5.60 Å². The monoisotopic (exact) mass is 378 g/mol. The molecule has 6 nitrogen and oxygen atoms in total. The van der Waals surface area contributed by atoms with Crippen molar-refractivity contribution in [1.82, 2.24) is 4.57 Å². The number of nitrogens with zero attached hydrogens (tertiary/aromatic N) is 1. The number of aromatic nitrogens is 1. The third kappa shape index (κ3) is 4.86. The van der Waals surface area contributed by atoms with E-state index in [-0.39, 0.29) is 11.5 Å². The van der Waals surface area contributed by atoms with Gasteiger partial charge in [-0.1, -0.05) is 18.2 Å². The van der Waals surface area contributed by atoms with Crippen LogP contribution in [0.1, 0.15) is 41.5 Å². The Morgan fingerprint density at radius 3 is 2.25 bits per heavy atom. The molecule has 0 fully saturated rings. The number of rotatable bonds is 5. The van der Waals surface area contributed by atoms with Gasteiger partial charge in [0.2, 0.25) is 0 Å². The van der Waals surface area contributed by atoms with E-state index in [9.17, 15) is 9.59 Å². The van der Waals surface area contributed by atoms with Gasteiger partial charge in [-0.3, -0.25) is 9.68 Å². The molecule has 0 saturated carbocycles. The first kappa shape index (κ1) is 19.4. The molecule has 1 amide bonds. The van der Waals surface area contributed by atoms with Gasteiger partial charge in [-0.25, -0.2) is 4.79 Å². The van der Waals surface area contributed by atoms with E-state index in [1.165, 1.54) is 0 Å². The lowest BCUT2D eigenvalue weighted by atomic mass is 10.1. The predicted molar refractivity (Wildman–Crippen MR) is 106 cm³/mol. The van der Waals surface area contributed by atoms with Gasteiger partial charge in [-0.05, 0) is 63.2 Å². The van der Waals surface area contributed by atoms with Gasteiger partial charge in [-0.15, -0.1) is 0 Å². The minimum absolute atomic E-state index is 0.199. The maximum atomic E-state index is 12.6. The van der Waals surface area contributed by atoms with E-state index in [1.807, 2.05) is 35.2 Å². The molecular weight excluding hydrogens is 356 g/mol. The van der Waals surface area contributed by atoms with Crippen molar-refractivity contribution in [3.63, 3.8) is 0 Å². The number of carbonyl (C=O) groups is 2. The summed E-state index contributed by atoms with van der Waals surface area (Å²) in [5, 5.41) is 2.80. The zero-order chi connectivity index (χ0) is 20.1. The van der Waals surface area contributed by atoms with Gasteiger partial charge in [-0.2, -0.15) is 4.89 Å². The highest BCUT2D eigenvalue weighted by molar-refractivity contribution is 6.08. The van der Waals surface area contributed by atoms with Crippen LogP contribution in [-0.4, -0.2) is 22.0 Å². The summed E-state index contributed by atoms with van der Waals surface area (Å²) in [6, 6.07) is 17.6. The van der Waals surface area contributed by atoms with Crippen molar-refractivity contribution in [1.29, 1.82) is 0 Å². The average Bonchev–Trinajstić information content (AvgIpc) is 3.21. The summed E-state index contributed by atoms with van der Waals surface area (Å²) in [5.41, 5.74) is 1.17. The molecule has 0 radical (unpaired) electrons. The summed E-state index contributed by atoms with van der Waals surface area (Å²) < 4.78 is 1.87. The molecule has 1 aromatic heterocycles. The molecule has 0 aliphatic carbocycles. The highest BCUT2D eigenvalue weighted by atomic mass is 17.2. The van der Waals surface area contributed by atoms with Gasteiger partial charge >= 0.3 is 5.97 Å². The van der Waals surface area contributed by atoms with E-state index < -0.39 is 11.6 Å². The molecule has 2 aromatic carbocycles. The number of anilines is 1. The van der Waals surface area contributed by atoms with Crippen molar-refractivity contribution < 1.29 is 19.4 Å². The van der Waals surface area contributed by atoms with Crippen molar-refractivity contribution in [3.8, 4) is 5.69 Å². The normalized spacial score (nSPS) is 11.1. The van der Waals surface area contributed by atoms with Crippen LogP contribution in [-0.2, 0) is 9.78 Å². The molecule has 3 aromatic rings. The molecular formula is C22H22N2O4. The number of nitrogens with one attached hydrogen (secondary N) is 1. The molecule has 0 bridgehead atoms. The fourth-order valence-corrected chi connectivity index (χ4v) is 2.47. The molecule has 0 atom stereocenters. The molecule has 1 heterocycles. The lowest BCUT2D eigenvalue weighted by Crippen LogP contribution is -2.23. The Morgan fingerprint density at radius 2 is 1.61 bits per heavy atom. The van der Waals surface area contributed by atoms with Crippen LogP contribution in [0.25, 0.3) is 5.69 Å². The SMILES string of the molecule is CC(C)(C)OOC(=O)c1ccc(-n2cccc2)cc1NC(=O)c1ccccc1. The number of amides is 1. The van der Waals surface area contributed by atoms with E-state index in [4.69, 9.17) is 9.78 Å². The molecule has 3 rings (SSSR count). The summed E-state index contributed by atoms with van der Waals surface area (Å²) in [7, 11) is 0. The van der Waals surface area contributed by atoms with Gasteiger partial charge in [0.25, 0.3) is 5.91 Å². The molecule has 0 saturated heterocycles. The number of hydrogen-bond acceptors (Lipinski definition) is 4. The Balaban J connectivity index is 1.92. The van der Waals surface area contributed by atoms with Crippen molar-refractivity contribution in [2.24, 2.45) is 0 Å². The largest absolute Gasteiger partial charge is 0.375 e. The summed E-state index contributed by atoms with van der Waals surface area (Å²) in [6.07, 6.45) is 3.75. The van der Waals surface area contributed by atoms with Crippen LogP contribution in [0.5, 0.6) is 0 Å². The Morgan fingerprint density at radius 1 is 0.929 bits per heavy atom. The Hall–Kier alpha value is -3.38. The van der Waals surface area contributed by atoms with Crippen LogP contribution in [0.2, 0.25) is 0 Å². The second-order valence-electron chi connectivity index (χ2n) is 7.21. The second-order valence-corrected chi connectivity index (χ2v) is 7.21. The quantitative estimate of drug-likeness (QED) is 0.520.